The van der Waals surface area contributed by atoms with E-state index in [0.717, 1.165) is 6.54 Å². The second kappa shape index (κ2) is 7.77. The lowest BCUT2D eigenvalue weighted by atomic mass is 10.4. The number of aliphatic hydroxyl groups is 1. The van der Waals surface area contributed by atoms with E-state index < -0.39 is 16.3 Å². The summed E-state index contributed by atoms with van der Waals surface area (Å²) in [6.45, 7) is 5.73. The van der Waals surface area contributed by atoms with E-state index in [1.54, 1.807) is 13.8 Å². The van der Waals surface area contributed by atoms with Gasteiger partial charge in [0.05, 0.1) is 12.7 Å². The van der Waals surface area contributed by atoms with Gasteiger partial charge in [-0.3, -0.25) is 4.90 Å². The van der Waals surface area contributed by atoms with E-state index in [1.165, 1.54) is 4.31 Å². The van der Waals surface area contributed by atoms with E-state index >= 15 is 0 Å². The first-order chi connectivity index (χ1) is 9.35. The Bertz CT molecular complexity index is 412. The molecule has 118 valence electrons. The van der Waals surface area contributed by atoms with Gasteiger partial charge in [-0.25, -0.2) is 9.52 Å². The van der Waals surface area contributed by atoms with Crippen molar-refractivity contribution >= 4 is 16.3 Å². The number of aliphatic hydroxyl groups excluding tert-OH is 1. The Morgan fingerprint density at radius 2 is 2.00 bits per heavy atom. The third kappa shape index (κ3) is 5.61. The minimum absolute atomic E-state index is 0.0473. The molecule has 0 bridgehead atoms. The van der Waals surface area contributed by atoms with Crippen molar-refractivity contribution < 1.29 is 23.1 Å². The first-order valence-corrected chi connectivity index (χ1v) is 8.11. The average molecular weight is 309 g/mol. The van der Waals surface area contributed by atoms with Crippen LogP contribution in [0, 0.1) is 0 Å². The predicted octanol–water partition coefficient (Wildman–Crippen LogP) is -0.634. The molecular weight excluding hydrogens is 286 g/mol. The van der Waals surface area contributed by atoms with Crippen molar-refractivity contribution in [3.05, 3.63) is 0 Å². The van der Waals surface area contributed by atoms with Crippen LogP contribution in [-0.4, -0.2) is 74.3 Å². The van der Waals surface area contributed by atoms with Gasteiger partial charge in [0.1, 0.15) is 0 Å². The minimum atomic E-state index is -3.87. The van der Waals surface area contributed by atoms with Crippen molar-refractivity contribution in [1.29, 1.82) is 0 Å². The monoisotopic (exact) mass is 309 g/mol. The van der Waals surface area contributed by atoms with Crippen molar-refractivity contribution in [3.63, 3.8) is 0 Å². The SMILES string of the molecule is CC(C)OC(=O)NS(=O)(=O)N1CCCN(CCO)CC1. The summed E-state index contributed by atoms with van der Waals surface area (Å²) in [4.78, 5) is 13.4. The maximum absolute atomic E-state index is 12.0. The van der Waals surface area contributed by atoms with Crippen molar-refractivity contribution in [2.24, 2.45) is 0 Å². The molecule has 0 aliphatic carbocycles. The standard InChI is InChI=1S/C11H23N3O5S/c1-10(2)19-11(16)12-20(17,18)14-5-3-4-13(6-7-14)8-9-15/h10,15H,3-9H2,1-2H3,(H,12,16). The van der Waals surface area contributed by atoms with Gasteiger partial charge < -0.3 is 9.84 Å². The van der Waals surface area contributed by atoms with Gasteiger partial charge in [-0.1, -0.05) is 0 Å². The zero-order valence-electron chi connectivity index (χ0n) is 11.9. The highest BCUT2D eigenvalue weighted by Crippen LogP contribution is 2.07. The highest BCUT2D eigenvalue weighted by Gasteiger charge is 2.27. The smallest absolute Gasteiger partial charge is 0.422 e. The van der Waals surface area contributed by atoms with E-state index in [1.807, 2.05) is 9.62 Å². The lowest BCUT2D eigenvalue weighted by molar-refractivity contribution is 0.121. The van der Waals surface area contributed by atoms with Crippen LogP contribution in [0.2, 0.25) is 0 Å². The van der Waals surface area contributed by atoms with Gasteiger partial charge in [-0.15, -0.1) is 0 Å². The van der Waals surface area contributed by atoms with Crippen molar-refractivity contribution in [1.82, 2.24) is 13.9 Å². The number of hydrogen-bond donors (Lipinski definition) is 2. The van der Waals surface area contributed by atoms with Crippen LogP contribution in [-0.2, 0) is 14.9 Å². The molecule has 2 N–H and O–H groups in total. The Hall–Kier alpha value is -0.900. The molecule has 8 nitrogen and oxygen atoms in total. The summed E-state index contributed by atoms with van der Waals surface area (Å²) in [6, 6.07) is 0. The molecule has 1 aliphatic rings. The number of ether oxygens (including phenoxy) is 1. The molecule has 1 amide bonds. The summed E-state index contributed by atoms with van der Waals surface area (Å²) in [6.07, 6.45) is -0.689. The minimum Gasteiger partial charge on any atom is -0.446 e. The molecule has 1 rings (SSSR count). The Kier molecular flexibility index (Phi) is 6.66. The summed E-state index contributed by atoms with van der Waals surface area (Å²) in [7, 11) is -3.87. The third-order valence-electron chi connectivity index (χ3n) is 2.86. The number of nitrogens with zero attached hydrogens (tertiary/aromatic N) is 2. The van der Waals surface area contributed by atoms with Crippen LogP contribution >= 0.6 is 0 Å². The number of rotatable bonds is 5. The number of amides is 1. The van der Waals surface area contributed by atoms with Crippen LogP contribution in [0.5, 0.6) is 0 Å². The molecule has 0 unspecified atom stereocenters. The van der Waals surface area contributed by atoms with Crippen LogP contribution in [0.25, 0.3) is 0 Å². The maximum Gasteiger partial charge on any atom is 0.422 e. The van der Waals surface area contributed by atoms with E-state index in [-0.39, 0.29) is 19.3 Å². The summed E-state index contributed by atoms with van der Waals surface area (Å²) in [5.74, 6) is 0. The van der Waals surface area contributed by atoms with Crippen LogP contribution < -0.4 is 4.72 Å². The van der Waals surface area contributed by atoms with Crippen molar-refractivity contribution in [2.45, 2.75) is 26.4 Å². The molecule has 0 aromatic heterocycles. The first kappa shape index (κ1) is 17.2. The van der Waals surface area contributed by atoms with E-state index in [2.05, 4.69) is 0 Å². The molecule has 1 aliphatic heterocycles. The zero-order chi connectivity index (χ0) is 15.2. The van der Waals surface area contributed by atoms with E-state index in [4.69, 9.17) is 9.84 Å². The molecule has 0 atom stereocenters. The molecule has 1 fully saturated rings. The van der Waals surface area contributed by atoms with Crippen LogP contribution in [0.15, 0.2) is 0 Å². The van der Waals surface area contributed by atoms with E-state index in [0.29, 0.717) is 26.1 Å². The Morgan fingerprint density at radius 1 is 1.30 bits per heavy atom. The fraction of sp³-hybridized carbons (Fsp3) is 0.909. The molecule has 9 heteroatoms. The maximum atomic E-state index is 12.0. The second-order valence-corrected chi connectivity index (χ2v) is 6.55. The van der Waals surface area contributed by atoms with Gasteiger partial charge in [-0.2, -0.15) is 12.7 Å². The van der Waals surface area contributed by atoms with Crippen molar-refractivity contribution in [3.8, 4) is 0 Å². The summed E-state index contributed by atoms with van der Waals surface area (Å²) >= 11 is 0. The molecule has 0 radical (unpaired) electrons. The topological polar surface area (TPSA) is 99.2 Å². The third-order valence-corrected chi connectivity index (χ3v) is 4.33. The highest BCUT2D eigenvalue weighted by molar-refractivity contribution is 7.87. The van der Waals surface area contributed by atoms with Gasteiger partial charge in [0.15, 0.2) is 0 Å². The van der Waals surface area contributed by atoms with Gasteiger partial charge in [-0.05, 0) is 26.8 Å². The number of carbonyl (C=O) groups excluding carboxylic acids is 1. The molecule has 1 saturated heterocycles. The summed E-state index contributed by atoms with van der Waals surface area (Å²) in [5, 5.41) is 8.89. The number of carbonyl (C=O) groups is 1. The average Bonchev–Trinajstić information content (AvgIpc) is 2.53. The fourth-order valence-corrected chi connectivity index (χ4v) is 3.04. The number of hydrogen-bond acceptors (Lipinski definition) is 6. The number of nitrogens with one attached hydrogen (secondary N) is 1. The van der Waals surface area contributed by atoms with Crippen molar-refractivity contribution in [2.75, 3.05) is 39.3 Å². The molecule has 0 aromatic rings. The van der Waals surface area contributed by atoms with Gasteiger partial charge >= 0.3 is 16.3 Å². The summed E-state index contributed by atoms with van der Waals surface area (Å²) < 4.78 is 32.0. The van der Waals surface area contributed by atoms with Gasteiger partial charge in [0, 0.05) is 26.2 Å². The van der Waals surface area contributed by atoms with Gasteiger partial charge in [0.2, 0.25) is 0 Å². The normalized spacial score (nSPS) is 18.8. The largest absolute Gasteiger partial charge is 0.446 e. The van der Waals surface area contributed by atoms with Gasteiger partial charge in [0.25, 0.3) is 0 Å². The zero-order valence-corrected chi connectivity index (χ0v) is 12.7. The second-order valence-electron chi connectivity index (χ2n) is 4.88. The van der Waals surface area contributed by atoms with Crippen LogP contribution in [0.1, 0.15) is 20.3 Å². The predicted molar refractivity (Wildman–Crippen MR) is 73.4 cm³/mol. The Labute approximate surface area is 119 Å². The summed E-state index contributed by atoms with van der Waals surface area (Å²) in [5.41, 5.74) is 0. The fourth-order valence-electron chi connectivity index (χ4n) is 1.96. The van der Waals surface area contributed by atoms with Crippen LogP contribution in [0.4, 0.5) is 4.79 Å². The molecular formula is C11H23N3O5S. The molecule has 0 saturated carbocycles. The first-order valence-electron chi connectivity index (χ1n) is 6.67. The molecule has 20 heavy (non-hydrogen) atoms. The lowest BCUT2D eigenvalue weighted by Crippen LogP contribution is -2.45. The number of β-amino-alcohol motifs (C(OH)–C–C–N with tert-alkyl or cyclic N) is 1. The Balaban J connectivity index is 2.57. The molecule has 1 heterocycles. The highest BCUT2D eigenvalue weighted by atomic mass is 32.2. The van der Waals surface area contributed by atoms with E-state index in [9.17, 15) is 13.2 Å². The molecule has 0 aromatic carbocycles. The molecule has 0 spiro atoms. The van der Waals surface area contributed by atoms with Crippen LogP contribution in [0.3, 0.4) is 0 Å². The lowest BCUT2D eigenvalue weighted by Gasteiger charge is -2.21. The Morgan fingerprint density at radius 3 is 2.60 bits per heavy atom. The quantitative estimate of drug-likeness (QED) is 0.701.